The summed E-state index contributed by atoms with van der Waals surface area (Å²) in [4.78, 5) is 16.4. The van der Waals surface area contributed by atoms with E-state index in [0.29, 0.717) is 29.7 Å². The summed E-state index contributed by atoms with van der Waals surface area (Å²) >= 11 is 0. The Bertz CT molecular complexity index is 1260. The Morgan fingerprint density at radius 1 is 1.11 bits per heavy atom. The fourth-order valence-electron chi connectivity index (χ4n) is 6.15. The van der Waals surface area contributed by atoms with E-state index < -0.39 is 0 Å². The molecule has 9 nitrogen and oxygen atoms in total. The molecule has 36 heavy (non-hydrogen) atoms. The summed E-state index contributed by atoms with van der Waals surface area (Å²) in [6.45, 7) is 2.98. The van der Waals surface area contributed by atoms with Gasteiger partial charge in [-0.2, -0.15) is 5.26 Å². The number of nitriles is 1. The molecule has 3 aromatic heterocycles. The van der Waals surface area contributed by atoms with Crippen LogP contribution in [0, 0.1) is 11.3 Å². The zero-order valence-electron chi connectivity index (χ0n) is 20.6. The molecule has 0 aliphatic carbocycles. The Kier molecular flexibility index (Phi) is 6.40. The number of aromatic nitrogens is 3. The Balaban J connectivity index is 1.21. The van der Waals surface area contributed by atoms with Gasteiger partial charge in [-0.3, -0.25) is 20.3 Å². The first-order valence-electron chi connectivity index (χ1n) is 13.0. The monoisotopic (exact) mass is 483 g/mol. The van der Waals surface area contributed by atoms with Crippen LogP contribution >= 0.6 is 0 Å². The quantitative estimate of drug-likeness (QED) is 0.418. The first-order chi connectivity index (χ1) is 17.7. The Labute approximate surface area is 211 Å². The van der Waals surface area contributed by atoms with Crippen molar-refractivity contribution in [2.45, 2.75) is 82.3 Å². The van der Waals surface area contributed by atoms with E-state index in [4.69, 9.17) is 4.98 Å². The van der Waals surface area contributed by atoms with Crippen LogP contribution in [0.1, 0.15) is 56.6 Å². The van der Waals surface area contributed by atoms with Gasteiger partial charge in [-0.25, -0.2) is 10.4 Å². The summed E-state index contributed by atoms with van der Waals surface area (Å²) in [5.41, 5.74) is 9.26. The molecule has 3 unspecified atom stereocenters. The number of hydrogen-bond donors (Lipinski definition) is 4. The van der Waals surface area contributed by atoms with E-state index in [9.17, 15) is 5.26 Å². The van der Waals surface area contributed by atoms with Crippen molar-refractivity contribution < 1.29 is 0 Å². The van der Waals surface area contributed by atoms with Gasteiger partial charge in [0.25, 0.3) is 0 Å². The van der Waals surface area contributed by atoms with Crippen LogP contribution in [0.15, 0.2) is 42.9 Å². The molecule has 5 atom stereocenters. The number of fused-ring (bicyclic) bond motifs is 3. The SMILES string of the molecule is CC1CC(Nc2cc3ncccc3c(NC3C[C@H]4CCC[C@@H](C3)N4Cc3ccncc3C#N)n2)NN1. The third kappa shape index (κ3) is 4.72. The number of hydrazine groups is 1. The predicted molar refractivity (Wildman–Crippen MR) is 140 cm³/mol. The maximum absolute atomic E-state index is 9.53. The van der Waals surface area contributed by atoms with Gasteiger partial charge < -0.3 is 10.6 Å². The molecular formula is C27H33N9. The summed E-state index contributed by atoms with van der Waals surface area (Å²) in [5, 5.41) is 17.9. The highest BCUT2D eigenvalue weighted by atomic mass is 15.5. The van der Waals surface area contributed by atoms with Gasteiger partial charge in [0, 0.05) is 60.8 Å². The standard InChI is InChI=1S/C27H33N9/c1-17-10-26(35-34-17)32-25-13-24-23(6-3-8-30-24)27(33-25)31-20-11-21-4-2-5-22(12-20)36(21)16-18-7-9-29-15-19(18)14-28/h3,6-9,13,15,17,20-22,26,34-35H,2,4-5,10-12,16H2,1H3,(H2,31,32,33)/t17?,20?,21-,22+,26?. The van der Waals surface area contributed by atoms with Crippen molar-refractivity contribution in [2.75, 3.05) is 10.6 Å². The topological polar surface area (TPSA) is 114 Å². The lowest BCUT2D eigenvalue weighted by atomic mass is 9.81. The second-order valence-electron chi connectivity index (χ2n) is 10.4. The van der Waals surface area contributed by atoms with Crippen molar-refractivity contribution in [3.05, 3.63) is 54.0 Å². The fraction of sp³-hybridized carbons (Fsp3) is 0.481. The third-order valence-electron chi connectivity index (χ3n) is 7.87. The Morgan fingerprint density at radius 2 is 1.97 bits per heavy atom. The highest BCUT2D eigenvalue weighted by Gasteiger charge is 2.38. The van der Waals surface area contributed by atoms with Crippen molar-refractivity contribution in [2.24, 2.45) is 0 Å². The molecule has 3 fully saturated rings. The van der Waals surface area contributed by atoms with Crippen LogP contribution in [0.2, 0.25) is 0 Å². The van der Waals surface area contributed by atoms with E-state index in [0.717, 1.165) is 53.9 Å². The number of pyridine rings is 3. The zero-order valence-corrected chi connectivity index (χ0v) is 20.6. The molecule has 0 spiro atoms. The molecule has 6 rings (SSSR count). The molecule has 186 valence electrons. The smallest absolute Gasteiger partial charge is 0.138 e. The second-order valence-corrected chi connectivity index (χ2v) is 10.4. The van der Waals surface area contributed by atoms with Gasteiger partial charge in [-0.1, -0.05) is 6.42 Å². The summed E-state index contributed by atoms with van der Waals surface area (Å²) in [6.07, 6.45) is 12.2. The normalized spacial score (nSPS) is 28.1. The van der Waals surface area contributed by atoms with E-state index in [-0.39, 0.29) is 6.17 Å². The molecule has 6 heterocycles. The lowest BCUT2D eigenvalue weighted by molar-refractivity contribution is 0.0276. The molecule has 3 aliphatic heterocycles. The van der Waals surface area contributed by atoms with Crippen molar-refractivity contribution in [3.63, 3.8) is 0 Å². The van der Waals surface area contributed by atoms with Crippen LogP contribution in [0.3, 0.4) is 0 Å². The molecule has 3 aromatic rings. The zero-order chi connectivity index (χ0) is 24.5. The highest BCUT2D eigenvalue weighted by Crippen LogP contribution is 2.37. The van der Waals surface area contributed by atoms with Crippen LogP contribution < -0.4 is 21.5 Å². The van der Waals surface area contributed by atoms with E-state index in [1.165, 1.54) is 19.3 Å². The van der Waals surface area contributed by atoms with Crippen molar-refractivity contribution in [1.82, 2.24) is 30.7 Å². The van der Waals surface area contributed by atoms with Crippen LogP contribution in [-0.4, -0.2) is 50.2 Å². The van der Waals surface area contributed by atoms with Crippen LogP contribution in [0.25, 0.3) is 10.9 Å². The number of nitrogens with zero attached hydrogens (tertiary/aromatic N) is 5. The first kappa shape index (κ1) is 23.1. The van der Waals surface area contributed by atoms with Gasteiger partial charge in [0.15, 0.2) is 0 Å². The summed E-state index contributed by atoms with van der Waals surface area (Å²) < 4.78 is 0. The van der Waals surface area contributed by atoms with Crippen molar-refractivity contribution in [1.29, 1.82) is 5.26 Å². The number of hydrogen-bond acceptors (Lipinski definition) is 9. The molecule has 0 aromatic carbocycles. The van der Waals surface area contributed by atoms with Gasteiger partial charge in [0.1, 0.15) is 17.7 Å². The van der Waals surface area contributed by atoms with E-state index in [1.807, 2.05) is 24.4 Å². The van der Waals surface area contributed by atoms with E-state index >= 15 is 0 Å². The largest absolute Gasteiger partial charge is 0.367 e. The fourth-order valence-corrected chi connectivity index (χ4v) is 6.15. The van der Waals surface area contributed by atoms with Crippen LogP contribution in [0.5, 0.6) is 0 Å². The average Bonchev–Trinajstić information content (AvgIpc) is 3.29. The van der Waals surface area contributed by atoms with Gasteiger partial charge in [0.2, 0.25) is 0 Å². The maximum Gasteiger partial charge on any atom is 0.138 e. The number of rotatable bonds is 6. The van der Waals surface area contributed by atoms with Crippen molar-refractivity contribution >= 4 is 22.5 Å². The molecule has 9 heteroatoms. The van der Waals surface area contributed by atoms with Crippen LogP contribution in [0.4, 0.5) is 11.6 Å². The average molecular weight is 484 g/mol. The Hall–Kier alpha value is -3.32. The molecule has 0 amide bonds. The number of nitrogens with one attached hydrogen (secondary N) is 4. The lowest BCUT2D eigenvalue weighted by Crippen LogP contribution is -2.54. The summed E-state index contributed by atoms with van der Waals surface area (Å²) in [7, 11) is 0. The molecular weight excluding hydrogens is 450 g/mol. The predicted octanol–water partition coefficient (Wildman–Crippen LogP) is 3.52. The van der Waals surface area contributed by atoms with E-state index in [2.05, 4.69) is 55.4 Å². The minimum Gasteiger partial charge on any atom is -0.367 e. The highest BCUT2D eigenvalue weighted by molar-refractivity contribution is 5.91. The number of piperidine rings is 2. The van der Waals surface area contributed by atoms with Crippen LogP contribution in [-0.2, 0) is 6.54 Å². The van der Waals surface area contributed by atoms with E-state index in [1.54, 1.807) is 12.4 Å². The molecule has 0 radical (unpaired) electrons. The molecule has 4 N–H and O–H groups in total. The minimum absolute atomic E-state index is 0.135. The van der Waals surface area contributed by atoms with Gasteiger partial charge in [-0.05, 0) is 62.8 Å². The maximum atomic E-state index is 9.53. The lowest BCUT2D eigenvalue weighted by Gasteiger charge is -2.49. The summed E-state index contributed by atoms with van der Waals surface area (Å²) in [5.74, 6) is 1.73. The minimum atomic E-state index is 0.135. The second kappa shape index (κ2) is 9.97. The Morgan fingerprint density at radius 3 is 2.75 bits per heavy atom. The van der Waals surface area contributed by atoms with Gasteiger partial charge in [-0.15, -0.1) is 0 Å². The van der Waals surface area contributed by atoms with Gasteiger partial charge >= 0.3 is 0 Å². The summed E-state index contributed by atoms with van der Waals surface area (Å²) in [6, 6.07) is 12.2. The van der Waals surface area contributed by atoms with Gasteiger partial charge in [0.05, 0.1) is 17.2 Å². The molecule has 0 saturated carbocycles. The number of anilines is 2. The first-order valence-corrected chi connectivity index (χ1v) is 13.0. The molecule has 3 saturated heterocycles. The molecule has 2 bridgehead atoms. The third-order valence-corrected chi connectivity index (χ3v) is 7.87. The van der Waals surface area contributed by atoms with Crippen molar-refractivity contribution in [3.8, 4) is 6.07 Å². The molecule has 3 aliphatic rings.